The summed E-state index contributed by atoms with van der Waals surface area (Å²) < 4.78 is 2.21. The average Bonchev–Trinajstić information content (AvgIpc) is 3.15. The molecule has 1 aromatic heterocycles. The Labute approximate surface area is 184 Å². The zero-order valence-electron chi connectivity index (χ0n) is 18.3. The van der Waals surface area contributed by atoms with Gasteiger partial charge in [-0.2, -0.15) is 0 Å². The van der Waals surface area contributed by atoms with Gasteiger partial charge in [0.25, 0.3) is 0 Å². The molecule has 1 fully saturated rings. The molecule has 3 aromatic carbocycles. The van der Waals surface area contributed by atoms with Gasteiger partial charge in [0.2, 0.25) is 0 Å². The molecule has 1 aliphatic rings. The van der Waals surface area contributed by atoms with Crippen molar-refractivity contribution in [1.29, 1.82) is 0 Å². The fourth-order valence-corrected chi connectivity index (χ4v) is 4.83. The zero-order valence-corrected chi connectivity index (χ0v) is 18.3. The Morgan fingerprint density at radius 1 is 0.839 bits per heavy atom. The highest BCUT2D eigenvalue weighted by Crippen LogP contribution is 2.35. The molecule has 0 bridgehead atoms. The molecule has 0 saturated heterocycles. The molecular weight excluding hydrogens is 378 g/mol. The number of rotatable bonds is 4. The molecule has 4 aromatic rings. The molecule has 156 valence electrons. The topological polar surface area (TPSA) is 30.2 Å². The molecule has 1 aliphatic carbocycles. The smallest absolute Gasteiger partial charge is 0.151 e. The maximum absolute atomic E-state index is 5.10. The summed E-state index contributed by atoms with van der Waals surface area (Å²) >= 11 is 0. The van der Waals surface area contributed by atoms with Crippen LogP contribution in [0, 0.1) is 5.92 Å². The number of aromatic nitrogens is 2. The third kappa shape index (κ3) is 3.81. The number of imidazole rings is 1. The van der Waals surface area contributed by atoms with Crippen LogP contribution < -0.4 is 0 Å². The van der Waals surface area contributed by atoms with Crippen LogP contribution in [0.1, 0.15) is 38.4 Å². The van der Waals surface area contributed by atoms with Crippen molar-refractivity contribution < 1.29 is 0 Å². The number of nitrogens with zero attached hydrogens (tertiary/aromatic N) is 3. The van der Waals surface area contributed by atoms with Crippen LogP contribution in [0.5, 0.6) is 0 Å². The van der Waals surface area contributed by atoms with E-state index in [-0.39, 0.29) is 0 Å². The second kappa shape index (κ2) is 8.50. The van der Waals surface area contributed by atoms with Crippen molar-refractivity contribution in [3.8, 4) is 22.3 Å². The molecule has 5 rings (SSSR count). The Hall–Kier alpha value is -3.20. The first-order valence-electron chi connectivity index (χ1n) is 11.4. The Morgan fingerprint density at radius 3 is 2.13 bits per heavy atom. The third-order valence-corrected chi connectivity index (χ3v) is 6.67. The Kier molecular flexibility index (Phi) is 5.42. The first-order chi connectivity index (χ1) is 15.2. The molecule has 3 nitrogen and oxygen atoms in total. The van der Waals surface area contributed by atoms with E-state index in [1.54, 1.807) is 0 Å². The normalized spacial score (nSPS) is 19.3. The van der Waals surface area contributed by atoms with E-state index in [1.165, 1.54) is 42.4 Å². The van der Waals surface area contributed by atoms with Gasteiger partial charge in [-0.15, -0.1) is 0 Å². The van der Waals surface area contributed by atoms with E-state index < -0.39 is 0 Å². The van der Waals surface area contributed by atoms with Crippen LogP contribution in [-0.4, -0.2) is 21.8 Å². The average molecular weight is 408 g/mol. The van der Waals surface area contributed by atoms with Crippen molar-refractivity contribution >= 4 is 17.2 Å². The first-order valence-corrected chi connectivity index (χ1v) is 11.4. The minimum Gasteiger partial charge on any atom is -0.326 e. The maximum Gasteiger partial charge on any atom is 0.151 e. The van der Waals surface area contributed by atoms with Crippen molar-refractivity contribution in [3.63, 3.8) is 0 Å². The molecule has 3 heteroatoms. The SMILES string of the molecule is CC1CCCCC1N=Cc1nc2c(-c3ccccc3)ccc(-c3ccccc3)c2n1C. The minimum atomic E-state index is 0.413. The van der Waals surface area contributed by atoms with E-state index in [0.717, 1.165) is 22.4 Å². The Balaban J connectivity index is 1.67. The monoisotopic (exact) mass is 407 g/mol. The lowest BCUT2D eigenvalue weighted by molar-refractivity contribution is 0.333. The van der Waals surface area contributed by atoms with E-state index >= 15 is 0 Å². The van der Waals surface area contributed by atoms with Crippen LogP contribution in [0.3, 0.4) is 0 Å². The summed E-state index contributed by atoms with van der Waals surface area (Å²) in [6.45, 7) is 2.33. The molecule has 0 N–H and O–H groups in total. The summed E-state index contributed by atoms with van der Waals surface area (Å²) in [4.78, 5) is 10.1. The van der Waals surface area contributed by atoms with Gasteiger partial charge in [0.1, 0.15) is 0 Å². The second-order valence-corrected chi connectivity index (χ2v) is 8.73. The van der Waals surface area contributed by atoms with E-state index in [0.29, 0.717) is 12.0 Å². The van der Waals surface area contributed by atoms with Gasteiger partial charge in [-0.05, 0) is 29.9 Å². The largest absolute Gasteiger partial charge is 0.326 e. The summed E-state index contributed by atoms with van der Waals surface area (Å²) in [6, 6.07) is 26.0. The molecule has 1 saturated carbocycles. The van der Waals surface area contributed by atoms with E-state index in [4.69, 9.17) is 9.98 Å². The van der Waals surface area contributed by atoms with Crippen molar-refractivity contribution in [2.75, 3.05) is 0 Å². The summed E-state index contributed by atoms with van der Waals surface area (Å²) in [7, 11) is 2.11. The second-order valence-electron chi connectivity index (χ2n) is 8.73. The van der Waals surface area contributed by atoms with Gasteiger partial charge in [-0.25, -0.2) is 4.98 Å². The molecule has 0 spiro atoms. The van der Waals surface area contributed by atoms with Crippen LogP contribution in [0.25, 0.3) is 33.3 Å². The highest BCUT2D eigenvalue weighted by Gasteiger charge is 2.21. The summed E-state index contributed by atoms with van der Waals surface area (Å²) in [5, 5.41) is 0. The maximum atomic E-state index is 5.10. The van der Waals surface area contributed by atoms with Crippen molar-refractivity contribution in [2.24, 2.45) is 18.0 Å². The van der Waals surface area contributed by atoms with Crippen molar-refractivity contribution in [2.45, 2.75) is 38.6 Å². The minimum absolute atomic E-state index is 0.413. The molecule has 2 atom stereocenters. The van der Waals surface area contributed by atoms with Crippen LogP contribution in [0.4, 0.5) is 0 Å². The number of hydrogen-bond donors (Lipinski definition) is 0. The molecular formula is C28H29N3. The highest BCUT2D eigenvalue weighted by molar-refractivity contribution is 6.03. The van der Waals surface area contributed by atoms with E-state index in [1.807, 2.05) is 6.21 Å². The number of hydrogen-bond acceptors (Lipinski definition) is 2. The standard InChI is InChI=1S/C28H29N3/c1-20-11-9-10-16-25(20)29-19-26-30-27-23(21-12-5-3-6-13-21)17-18-24(28(27)31(26)2)22-14-7-4-8-15-22/h3-8,12-15,17-20,25H,9-11,16H2,1-2H3. The summed E-state index contributed by atoms with van der Waals surface area (Å²) in [5.74, 6) is 1.58. The molecule has 1 heterocycles. The number of aryl methyl sites for hydroxylation is 1. The Bertz CT molecular complexity index is 1210. The molecule has 0 radical (unpaired) electrons. The number of fused-ring (bicyclic) bond motifs is 1. The van der Waals surface area contributed by atoms with Crippen molar-refractivity contribution in [3.05, 3.63) is 78.6 Å². The molecule has 0 aliphatic heterocycles. The fourth-order valence-electron chi connectivity index (χ4n) is 4.83. The Morgan fingerprint density at radius 2 is 1.45 bits per heavy atom. The highest BCUT2D eigenvalue weighted by atomic mass is 15.1. The van der Waals surface area contributed by atoms with Gasteiger partial charge < -0.3 is 4.57 Å². The lowest BCUT2D eigenvalue weighted by atomic mass is 9.86. The predicted molar refractivity (Wildman–Crippen MR) is 131 cm³/mol. The third-order valence-electron chi connectivity index (χ3n) is 6.67. The van der Waals surface area contributed by atoms with Crippen LogP contribution in [0.2, 0.25) is 0 Å². The van der Waals surface area contributed by atoms with Gasteiger partial charge in [0.05, 0.1) is 23.3 Å². The van der Waals surface area contributed by atoms with E-state index in [2.05, 4.69) is 91.3 Å². The van der Waals surface area contributed by atoms with Gasteiger partial charge in [0, 0.05) is 18.2 Å². The number of aliphatic imine (C=N–C) groups is 1. The van der Waals surface area contributed by atoms with Gasteiger partial charge >= 0.3 is 0 Å². The van der Waals surface area contributed by atoms with Crippen molar-refractivity contribution in [1.82, 2.24) is 9.55 Å². The zero-order chi connectivity index (χ0) is 21.2. The van der Waals surface area contributed by atoms with E-state index in [9.17, 15) is 0 Å². The fraction of sp³-hybridized carbons (Fsp3) is 0.286. The molecule has 2 unspecified atom stereocenters. The van der Waals surface area contributed by atoms with Gasteiger partial charge in [0.15, 0.2) is 5.82 Å². The van der Waals surface area contributed by atoms with Gasteiger partial charge in [-0.3, -0.25) is 4.99 Å². The lowest BCUT2D eigenvalue weighted by Gasteiger charge is -2.25. The summed E-state index contributed by atoms with van der Waals surface area (Å²) in [5.41, 5.74) is 6.96. The van der Waals surface area contributed by atoms with Gasteiger partial charge in [-0.1, -0.05) is 92.6 Å². The quantitative estimate of drug-likeness (QED) is 0.338. The summed E-state index contributed by atoms with van der Waals surface area (Å²) in [6.07, 6.45) is 7.09. The van der Waals surface area contributed by atoms with Crippen LogP contribution >= 0.6 is 0 Å². The molecule has 0 amide bonds. The predicted octanol–water partition coefficient (Wildman–Crippen LogP) is 6.90. The number of benzene rings is 3. The van der Waals surface area contributed by atoms with Crippen LogP contribution in [-0.2, 0) is 7.05 Å². The molecule has 31 heavy (non-hydrogen) atoms. The van der Waals surface area contributed by atoms with Crippen LogP contribution in [0.15, 0.2) is 77.8 Å². The first kappa shape index (κ1) is 19.7. The lowest BCUT2D eigenvalue weighted by Crippen LogP contribution is -2.20.